The van der Waals surface area contributed by atoms with Gasteiger partial charge in [0, 0.05) is 12.8 Å². The van der Waals surface area contributed by atoms with E-state index in [2.05, 4.69) is 24.0 Å². The first-order chi connectivity index (χ1) is 25.9. The minimum atomic E-state index is -1.36. The minimum Gasteiger partial charge on any atom is -0.491 e. The number of hydrogen-bond donors (Lipinski definition) is 1. The Bertz CT molecular complexity index is 2090. The molecule has 0 unspecified atom stereocenters. The second-order valence-electron chi connectivity index (χ2n) is 14.5. The SMILES string of the molecule is C[C@@H](CCC(=O)[C@H]1[C@@H]2C(=O)O[C@@H](c3ccccc3)[C@@H](c3ccccc3)N2[C@@H](c2ccc(OCCO)cc2)[C@]12C(=O)Cc1ccccc12)c1ccccc1. The highest BCUT2D eigenvalue weighted by Crippen LogP contribution is 2.64. The van der Waals surface area contributed by atoms with E-state index in [4.69, 9.17) is 9.47 Å². The van der Waals surface area contributed by atoms with E-state index in [0.717, 1.165) is 33.4 Å². The molecule has 5 aromatic carbocycles. The normalized spacial score (nSPS) is 25.4. The summed E-state index contributed by atoms with van der Waals surface area (Å²) in [6.07, 6.45) is 0.243. The van der Waals surface area contributed by atoms with E-state index in [1.807, 2.05) is 127 Å². The van der Waals surface area contributed by atoms with E-state index < -0.39 is 41.5 Å². The zero-order chi connectivity index (χ0) is 36.5. The van der Waals surface area contributed by atoms with Crippen LogP contribution in [-0.2, 0) is 31.0 Å². The Kier molecular flexibility index (Phi) is 9.54. The molecule has 2 heterocycles. The standard InChI is InChI=1S/C46H43NO6/c1-30(31-13-5-2-6-14-31)21-26-38(49)40-42-45(51)53-43(33-17-9-4-10-18-33)41(32-15-7-3-8-16-32)47(42)44(34-22-24-36(25-23-34)52-28-27-48)46(40)37-20-12-11-19-35(37)29-39(46)50/h2-20,22-25,30,40-44,48H,21,26-29H2,1H3/t30-,40-,41+,42+,43-,44-,46+/m0/s1. The van der Waals surface area contributed by atoms with Gasteiger partial charge in [0.15, 0.2) is 5.78 Å². The summed E-state index contributed by atoms with van der Waals surface area (Å²) < 4.78 is 12.3. The fourth-order valence-corrected chi connectivity index (χ4v) is 9.31. The van der Waals surface area contributed by atoms with Gasteiger partial charge >= 0.3 is 5.97 Å². The molecule has 5 aromatic rings. The van der Waals surface area contributed by atoms with Gasteiger partial charge in [0.2, 0.25) is 0 Å². The molecular weight excluding hydrogens is 663 g/mol. The van der Waals surface area contributed by atoms with Crippen LogP contribution < -0.4 is 4.74 Å². The van der Waals surface area contributed by atoms with Gasteiger partial charge in [0.05, 0.1) is 30.0 Å². The van der Waals surface area contributed by atoms with Crippen molar-refractivity contribution in [1.82, 2.24) is 4.90 Å². The summed E-state index contributed by atoms with van der Waals surface area (Å²) in [6.45, 7) is 2.14. The van der Waals surface area contributed by atoms with Crippen LogP contribution in [0.2, 0.25) is 0 Å². The molecule has 3 aliphatic rings. The van der Waals surface area contributed by atoms with E-state index in [-0.39, 0.29) is 43.5 Å². The van der Waals surface area contributed by atoms with Gasteiger partial charge in [0.25, 0.3) is 0 Å². The minimum absolute atomic E-state index is 0.0657. The number of aliphatic hydroxyl groups excluding tert-OH is 1. The number of rotatable bonds is 11. The van der Waals surface area contributed by atoms with Gasteiger partial charge in [-0.05, 0) is 57.9 Å². The molecule has 2 saturated heterocycles. The zero-order valence-electron chi connectivity index (χ0n) is 29.7. The summed E-state index contributed by atoms with van der Waals surface area (Å²) in [5, 5.41) is 9.41. The van der Waals surface area contributed by atoms with Crippen molar-refractivity contribution in [3.05, 3.63) is 173 Å². The highest BCUT2D eigenvalue weighted by atomic mass is 16.6. The molecule has 2 aliphatic heterocycles. The second kappa shape index (κ2) is 14.6. The summed E-state index contributed by atoms with van der Waals surface area (Å²) >= 11 is 0. The maximum absolute atomic E-state index is 15.2. The number of aliphatic hydroxyl groups is 1. The van der Waals surface area contributed by atoms with Gasteiger partial charge in [-0.2, -0.15) is 0 Å². The van der Waals surface area contributed by atoms with Crippen molar-refractivity contribution in [2.45, 2.75) is 61.7 Å². The topological polar surface area (TPSA) is 93.1 Å². The number of Topliss-reactive ketones (excluding diaryl/α,β-unsaturated/α-hetero) is 2. The van der Waals surface area contributed by atoms with Crippen LogP contribution in [0, 0.1) is 5.92 Å². The molecule has 7 atom stereocenters. The Morgan fingerprint density at radius 3 is 2.09 bits per heavy atom. The number of cyclic esters (lactones) is 1. The largest absolute Gasteiger partial charge is 0.491 e. The Labute approximate surface area is 310 Å². The first-order valence-electron chi connectivity index (χ1n) is 18.5. The average molecular weight is 706 g/mol. The molecule has 0 aromatic heterocycles. The third kappa shape index (κ3) is 5.98. The fraction of sp³-hybridized carbons (Fsp3) is 0.283. The van der Waals surface area contributed by atoms with Crippen LogP contribution >= 0.6 is 0 Å². The molecule has 7 heteroatoms. The van der Waals surface area contributed by atoms with E-state index >= 15 is 9.59 Å². The molecule has 1 spiro atoms. The predicted molar refractivity (Wildman–Crippen MR) is 201 cm³/mol. The Hall–Kier alpha value is -5.37. The van der Waals surface area contributed by atoms with Gasteiger partial charge in [-0.15, -0.1) is 0 Å². The van der Waals surface area contributed by atoms with Crippen molar-refractivity contribution in [2.75, 3.05) is 13.2 Å². The quantitative estimate of drug-likeness (QED) is 0.141. The zero-order valence-corrected chi connectivity index (χ0v) is 29.7. The molecule has 0 bridgehead atoms. The lowest BCUT2D eigenvalue weighted by atomic mass is 9.63. The monoisotopic (exact) mass is 705 g/mol. The van der Waals surface area contributed by atoms with Crippen molar-refractivity contribution < 1.29 is 29.0 Å². The first kappa shape index (κ1) is 34.7. The molecule has 0 radical (unpaired) electrons. The third-order valence-electron chi connectivity index (χ3n) is 11.6. The van der Waals surface area contributed by atoms with Crippen molar-refractivity contribution >= 4 is 17.5 Å². The maximum atomic E-state index is 15.2. The molecule has 0 saturated carbocycles. The Morgan fingerprint density at radius 1 is 0.792 bits per heavy atom. The number of carbonyl (C=O) groups is 3. The molecule has 7 nitrogen and oxygen atoms in total. The second-order valence-corrected chi connectivity index (χ2v) is 14.5. The fourth-order valence-electron chi connectivity index (χ4n) is 9.31. The van der Waals surface area contributed by atoms with Crippen LogP contribution in [0.25, 0.3) is 0 Å². The van der Waals surface area contributed by atoms with Crippen molar-refractivity contribution in [2.24, 2.45) is 5.92 Å². The summed E-state index contributed by atoms with van der Waals surface area (Å²) in [5.41, 5.74) is 4.01. The number of morpholine rings is 1. The number of hydrogen-bond acceptors (Lipinski definition) is 7. The van der Waals surface area contributed by atoms with Gasteiger partial charge in [-0.25, -0.2) is 0 Å². The van der Waals surface area contributed by atoms with Crippen LogP contribution in [0.3, 0.4) is 0 Å². The van der Waals surface area contributed by atoms with Crippen molar-refractivity contribution in [3.8, 4) is 5.75 Å². The molecule has 1 N–H and O–H groups in total. The molecular formula is C46H43NO6. The van der Waals surface area contributed by atoms with Gasteiger partial charge in [-0.1, -0.05) is 134 Å². The van der Waals surface area contributed by atoms with Crippen molar-refractivity contribution in [3.63, 3.8) is 0 Å². The summed E-state index contributed by atoms with van der Waals surface area (Å²) in [5.74, 6) is -0.994. The summed E-state index contributed by atoms with van der Waals surface area (Å²) in [4.78, 5) is 47.4. The lowest BCUT2D eigenvalue weighted by molar-refractivity contribution is -0.178. The number of esters is 1. The Balaban J connectivity index is 1.35. The van der Waals surface area contributed by atoms with Crippen LogP contribution in [0.15, 0.2) is 140 Å². The van der Waals surface area contributed by atoms with Gasteiger partial charge in [-0.3, -0.25) is 19.3 Å². The number of benzene rings is 5. The van der Waals surface area contributed by atoms with Gasteiger partial charge in [0.1, 0.15) is 30.3 Å². The molecule has 2 fully saturated rings. The highest BCUT2D eigenvalue weighted by Gasteiger charge is 2.72. The molecule has 8 rings (SSSR count). The van der Waals surface area contributed by atoms with Crippen LogP contribution in [0.5, 0.6) is 5.75 Å². The lowest BCUT2D eigenvalue weighted by Gasteiger charge is -2.46. The van der Waals surface area contributed by atoms with Crippen LogP contribution in [-0.4, -0.2) is 46.8 Å². The third-order valence-corrected chi connectivity index (χ3v) is 11.6. The average Bonchev–Trinajstić information content (AvgIpc) is 3.69. The number of fused-ring (bicyclic) bond motifs is 3. The summed E-state index contributed by atoms with van der Waals surface area (Å²) in [6, 6.07) is 43.0. The van der Waals surface area contributed by atoms with E-state index in [1.165, 1.54) is 0 Å². The van der Waals surface area contributed by atoms with Gasteiger partial charge < -0.3 is 14.6 Å². The van der Waals surface area contributed by atoms with Crippen LogP contribution in [0.1, 0.15) is 77.3 Å². The van der Waals surface area contributed by atoms with Crippen LogP contribution in [0.4, 0.5) is 0 Å². The number of nitrogens with zero attached hydrogens (tertiary/aromatic N) is 1. The number of ether oxygens (including phenoxy) is 2. The number of ketones is 2. The lowest BCUT2D eigenvalue weighted by Crippen LogP contribution is -2.52. The van der Waals surface area contributed by atoms with Crippen molar-refractivity contribution in [1.29, 1.82) is 0 Å². The van der Waals surface area contributed by atoms with E-state index in [9.17, 15) is 9.90 Å². The van der Waals surface area contributed by atoms with E-state index in [0.29, 0.717) is 12.2 Å². The highest BCUT2D eigenvalue weighted by molar-refractivity contribution is 6.06. The summed E-state index contributed by atoms with van der Waals surface area (Å²) in [7, 11) is 0. The molecule has 1 aliphatic carbocycles. The number of carbonyl (C=O) groups excluding carboxylic acids is 3. The maximum Gasteiger partial charge on any atom is 0.324 e. The predicted octanol–water partition coefficient (Wildman–Crippen LogP) is 7.65. The molecule has 268 valence electrons. The van der Waals surface area contributed by atoms with E-state index in [1.54, 1.807) is 0 Å². The molecule has 53 heavy (non-hydrogen) atoms. The first-order valence-corrected chi connectivity index (χ1v) is 18.5. The Morgan fingerprint density at radius 2 is 1.42 bits per heavy atom. The smallest absolute Gasteiger partial charge is 0.324 e. The molecule has 0 amide bonds.